The van der Waals surface area contributed by atoms with Crippen molar-refractivity contribution in [3.63, 3.8) is 0 Å². The molecule has 0 saturated heterocycles. The van der Waals surface area contributed by atoms with Gasteiger partial charge in [-0.3, -0.25) is 4.99 Å². The smallest absolute Gasteiger partial charge is 0.0641 e. The van der Waals surface area contributed by atoms with E-state index in [-0.39, 0.29) is 0 Å². The summed E-state index contributed by atoms with van der Waals surface area (Å²) in [6.45, 7) is 0.714. The average molecular weight is 150 g/mol. The van der Waals surface area contributed by atoms with Gasteiger partial charge in [-0.15, -0.1) is 0 Å². The van der Waals surface area contributed by atoms with Crippen LogP contribution in [-0.2, 0) is 0 Å². The molecule has 1 aliphatic carbocycles. The van der Waals surface area contributed by atoms with Crippen molar-refractivity contribution in [1.29, 1.82) is 5.26 Å². The third-order valence-corrected chi connectivity index (χ3v) is 1.99. The lowest BCUT2D eigenvalue weighted by Crippen LogP contribution is -2.05. The Labute approximate surface area is 67.9 Å². The Morgan fingerprint density at radius 1 is 1.27 bits per heavy atom. The summed E-state index contributed by atoms with van der Waals surface area (Å²) in [6, 6.07) is 2.10. The first-order valence-electron chi connectivity index (χ1n) is 4.32. The van der Waals surface area contributed by atoms with Crippen molar-refractivity contribution in [2.75, 3.05) is 6.54 Å². The lowest BCUT2D eigenvalue weighted by Gasteiger charge is -2.11. The van der Waals surface area contributed by atoms with Gasteiger partial charge in [0.2, 0.25) is 0 Å². The van der Waals surface area contributed by atoms with E-state index in [0.717, 1.165) is 0 Å². The van der Waals surface area contributed by atoms with E-state index in [2.05, 4.69) is 11.1 Å². The Hall–Kier alpha value is -0.840. The van der Waals surface area contributed by atoms with Crippen molar-refractivity contribution in [2.24, 2.45) is 4.99 Å². The number of aliphatic imine (C=N–C) groups is 1. The summed E-state index contributed by atoms with van der Waals surface area (Å²) in [6.07, 6.45) is 6.87. The van der Waals surface area contributed by atoms with Crippen LogP contribution < -0.4 is 0 Å². The van der Waals surface area contributed by atoms with E-state index in [9.17, 15) is 0 Å². The Bertz CT molecular complexity index is 168. The van der Waals surface area contributed by atoms with Crippen molar-refractivity contribution < 1.29 is 0 Å². The molecule has 1 saturated carbocycles. The molecule has 0 amide bonds. The summed E-state index contributed by atoms with van der Waals surface area (Å²) in [5, 5.41) is 8.28. The van der Waals surface area contributed by atoms with E-state index in [4.69, 9.17) is 5.26 Å². The fraction of sp³-hybridized carbons (Fsp3) is 0.778. The van der Waals surface area contributed by atoms with Gasteiger partial charge in [0.15, 0.2) is 0 Å². The maximum atomic E-state index is 8.28. The van der Waals surface area contributed by atoms with E-state index < -0.39 is 0 Å². The molecular formula is C9H14N2. The molecule has 1 rings (SSSR count). The summed E-state index contributed by atoms with van der Waals surface area (Å²) >= 11 is 0. The van der Waals surface area contributed by atoms with Gasteiger partial charge in [0.25, 0.3) is 0 Å². The summed E-state index contributed by atoms with van der Waals surface area (Å²) in [4.78, 5) is 4.37. The molecule has 1 aliphatic rings. The normalized spacial score (nSPS) is 17.5. The molecule has 0 spiro atoms. The lowest BCUT2D eigenvalue weighted by atomic mass is 9.98. The Balaban J connectivity index is 2.22. The number of rotatable bonds is 2. The Morgan fingerprint density at radius 3 is 2.64 bits per heavy atom. The maximum absolute atomic E-state index is 8.28. The van der Waals surface area contributed by atoms with Gasteiger partial charge in [-0.2, -0.15) is 5.26 Å². The van der Waals surface area contributed by atoms with Crippen LogP contribution >= 0.6 is 0 Å². The van der Waals surface area contributed by atoms with E-state index in [1.165, 1.54) is 37.8 Å². The zero-order valence-electron chi connectivity index (χ0n) is 6.84. The number of hydrogen-bond donors (Lipinski definition) is 0. The Morgan fingerprint density at radius 2 is 2.00 bits per heavy atom. The van der Waals surface area contributed by atoms with Crippen molar-refractivity contribution in [3.8, 4) is 6.07 Å². The number of hydrogen-bond acceptors (Lipinski definition) is 2. The first kappa shape index (κ1) is 8.26. The van der Waals surface area contributed by atoms with Crippen molar-refractivity contribution in [2.45, 2.75) is 38.5 Å². The predicted molar refractivity (Wildman–Crippen MR) is 45.6 cm³/mol. The molecule has 0 aromatic carbocycles. The van der Waals surface area contributed by atoms with E-state index in [0.29, 0.717) is 13.0 Å². The van der Waals surface area contributed by atoms with Gasteiger partial charge in [-0.05, 0) is 25.7 Å². The van der Waals surface area contributed by atoms with E-state index in [1.807, 2.05) is 0 Å². The van der Waals surface area contributed by atoms with Gasteiger partial charge in [-0.25, -0.2) is 0 Å². The van der Waals surface area contributed by atoms with Crippen LogP contribution in [0, 0.1) is 11.3 Å². The largest absolute Gasteiger partial charge is 0.293 e. The third kappa shape index (κ3) is 3.18. The lowest BCUT2D eigenvalue weighted by molar-refractivity contribution is 0.663. The van der Waals surface area contributed by atoms with E-state index in [1.54, 1.807) is 0 Å². The molecule has 2 heteroatoms. The second-order valence-electron chi connectivity index (χ2n) is 2.92. The molecular weight excluding hydrogens is 136 g/mol. The molecule has 0 unspecified atom stereocenters. The molecule has 11 heavy (non-hydrogen) atoms. The zero-order valence-corrected chi connectivity index (χ0v) is 6.84. The molecule has 2 nitrogen and oxygen atoms in total. The Kier molecular flexibility index (Phi) is 3.68. The highest BCUT2D eigenvalue weighted by Gasteiger charge is 2.05. The van der Waals surface area contributed by atoms with Crippen molar-refractivity contribution >= 4 is 5.71 Å². The van der Waals surface area contributed by atoms with Gasteiger partial charge in [0.1, 0.15) is 0 Å². The highest BCUT2D eigenvalue weighted by atomic mass is 14.7. The third-order valence-electron chi connectivity index (χ3n) is 1.99. The van der Waals surface area contributed by atoms with Crippen LogP contribution in [0.4, 0.5) is 0 Å². The fourth-order valence-corrected chi connectivity index (χ4v) is 1.38. The second kappa shape index (κ2) is 4.90. The standard InChI is InChI=1S/C9H14N2/c10-7-4-8-11-9-5-2-1-3-6-9/h1-6,8H2. The molecule has 0 aliphatic heterocycles. The topological polar surface area (TPSA) is 36.1 Å². The van der Waals surface area contributed by atoms with Gasteiger partial charge in [0.05, 0.1) is 19.0 Å². The summed E-state index contributed by atoms with van der Waals surface area (Å²) in [5.41, 5.74) is 1.34. The number of nitrogens with zero attached hydrogens (tertiary/aromatic N) is 2. The quantitative estimate of drug-likeness (QED) is 0.556. The zero-order chi connectivity index (χ0) is 7.94. The molecule has 0 atom stereocenters. The monoisotopic (exact) mass is 150 g/mol. The molecule has 60 valence electrons. The van der Waals surface area contributed by atoms with Crippen LogP contribution in [-0.4, -0.2) is 12.3 Å². The van der Waals surface area contributed by atoms with Crippen LogP contribution in [0.25, 0.3) is 0 Å². The predicted octanol–water partition coefficient (Wildman–Crippen LogP) is 2.31. The first-order chi connectivity index (χ1) is 5.43. The first-order valence-corrected chi connectivity index (χ1v) is 4.32. The van der Waals surface area contributed by atoms with E-state index >= 15 is 0 Å². The highest BCUT2D eigenvalue weighted by molar-refractivity contribution is 5.84. The fourth-order valence-electron chi connectivity index (χ4n) is 1.38. The molecule has 0 radical (unpaired) electrons. The molecule has 0 aromatic heterocycles. The van der Waals surface area contributed by atoms with Crippen LogP contribution in [0.2, 0.25) is 0 Å². The van der Waals surface area contributed by atoms with Crippen molar-refractivity contribution in [3.05, 3.63) is 0 Å². The number of nitriles is 1. The molecule has 0 heterocycles. The van der Waals surface area contributed by atoms with Crippen LogP contribution in [0.5, 0.6) is 0 Å². The average Bonchev–Trinajstić information content (AvgIpc) is 2.07. The van der Waals surface area contributed by atoms with Crippen LogP contribution in [0.3, 0.4) is 0 Å². The second-order valence-corrected chi connectivity index (χ2v) is 2.92. The SMILES string of the molecule is N#CCCN=C1CCCCC1. The summed E-state index contributed by atoms with van der Waals surface area (Å²) in [7, 11) is 0. The maximum Gasteiger partial charge on any atom is 0.0641 e. The van der Waals surface area contributed by atoms with Gasteiger partial charge in [0, 0.05) is 5.71 Å². The minimum atomic E-state index is 0.573. The molecule has 0 aromatic rings. The van der Waals surface area contributed by atoms with Crippen LogP contribution in [0.1, 0.15) is 38.5 Å². The highest BCUT2D eigenvalue weighted by Crippen LogP contribution is 2.14. The van der Waals surface area contributed by atoms with Gasteiger partial charge >= 0.3 is 0 Å². The molecule has 0 N–H and O–H groups in total. The molecule has 1 fully saturated rings. The molecule has 0 bridgehead atoms. The summed E-state index contributed by atoms with van der Waals surface area (Å²) < 4.78 is 0. The van der Waals surface area contributed by atoms with Crippen molar-refractivity contribution in [1.82, 2.24) is 0 Å². The van der Waals surface area contributed by atoms with Gasteiger partial charge < -0.3 is 0 Å². The minimum Gasteiger partial charge on any atom is -0.293 e. The van der Waals surface area contributed by atoms with Gasteiger partial charge in [-0.1, -0.05) is 6.42 Å². The summed E-state index contributed by atoms with van der Waals surface area (Å²) in [5.74, 6) is 0. The van der Waals surface area contributed by atoms with Crippen LogP contribution in [0.15, 0.2) is 4.99 Å². The minimum absolute atomic E-state index is 0.573.